The van der Waals surface area contributed by atoms with Crippen LogP contribution in [-0.2, 0) is 17.8 Å². The van der Waals surface area contributed by atoms with Gasteiger partial charge in [0.1, 0.15) is 5.82 Å². The molecule has 0 aliphatic heterocycles. The molecule has 1 amide bonds. The topological polar surface area (TPSA) is 59.8 Å². The first kappa shape index (κ1) is 20.6. The number of hydrogen-bond acceptors (Lipinski definition) is 4. The molecule has 0 atom stereocenters. The number of carbonyl (C=O) groups is 1. The highest BCUT2D eigenvalue weighted by atomic mass is 32.2. The molecule has 1 N–H and O–H groups in total. The van der Waals surface area contributed by atoms with E-state index in [1.54, 1.807) is 0 Å². The van der Waals surface area contributed by atoms with Crippen LogP contribution in [0.15, 0.2) is 42.1 Å². The van der Waals surface area contributed by atoms with Gasteiger partial charge in [-0.2, -0.15) is 0 Å². The Morgan fingerprint density at radius 3 is 2.82 bits per heavy atom. The van der Waals surface area contributed by atoms with E-state index < -0.39 is 0 Å². The van der Waals surface area contributed by atoms with Crippen LogP contribution in [0.5, 0.6) is 0 Å². The molecule has 1 aliphatic carbocycles. The highest BCUT2D eigenvalue weighted by molar-refractivity contribution is 7.99. The minimum atomic E-state index is 0.0333. The Balaban J connectivity index is 1.52. The summed E-state index contributed by atoms with van der Waals surface area (Å²) < 4.78 is 2.13. The van der Waals surface area contributed by atoms with E-state index in [1.807, 2.05) is 18.2 Å². The minimum absolute atomic E-state index is 0.0333. The number of carbonyl (C=O) groups excluding carboxylic acids is 1. The molecule has 0 spiro atoms. The maximum atomic E-state index is 12.3. The number of allylic oxidation sites excluding steroid dienone is 1. The summed E-state index contributed by atoms with van der Waals surface area (Å²) >= 11 is 1.46. The van der Waals surface area contributed by atoms with Crippen molar-refractivity contribution in [3.8, 4) is 0 Å². The molecule has 0 saturated heterocycles. The molecule has 1 aromatic heterocycles. The number of nitrogens with zero attached hydrogens (tertiary/aromatic N) is 3. The number of amides is 1. The van der Waals surface area contributed by atoms with Gasteiger partial charge in [0.15, 0.2) is 5.16 Å². The molecule has 150 valence electrons. The summed E-state index contributed by atoms with van der Waals surface area (Å²) in [6.45, 7) is 7.31. The van der Waals surface area contributed by atoms with Crippen molar-refractivity contribution < 1.29 is 4.79 Å². The van der Waals surface area contributed by atoms with Gasteiger partial charge in [-0.3, -0.25) is 4.79 Å². The van der Waals surface area contributed by atoms with Crippen molar-refractivity contribution in [2.75, 3.05) is 12.3 Å². The molecule has 1 saturated carbocycles. The molecule has 5 nitrogen and oxygen atoms in total. The van der Waals surface area contributed by atoms with Crippen LogP contribution < -0.4 is 5.32 Å². The summed E-state index contributed by atoms with van der Waals surface area (Å²) in [7, 11) is 0. The van der Waals surface area contributed by atoms with E-state index >= 15 is 0 Å². The van der Waals surface area contributed by atoms with Gasteiger partial charge in [0.2, 0.25) is 5.91 Å². The van der Waals surface area contributed by atoms with Crippen LogP contribution in [-0.4, -0.2) is 33.0 Å². The van der Waals surface area contributed by atoms with E-state index in [9.17, 15) is 4.79 Å². The van der Waals surface area contributed by atoms with Gasteiger partial charge < -0.3 is 9.88 Å². The van der Waals surface area contributed by atoms with Crippen LogP contribution in [0.25, 0.3) is 0 Å². The van der Waals surface area contributed by atoms with Gasteiger partial charge in [-0.25, -0.2) is 0 Å². The highest BCUT2D eigenvalue weighted by Gasteiger charge is 2.23. The lowest BCUT2D eigenvalue weighted by molar-refractivity contribution is -0.118. The average molecular weight is 399 g/mol. The first-order valence-electron chi connectivity index (χ1n) is 10.2. The number of rotatable bonds is 9. The molecule has 6 heteroatoms. The Hall–Kier alpha value is -2.08. The van der Waals surface area contributed by atoms with E-state index in [-0.39, 0.29) is 5.91 Å². The molecular formula is C22H30N4OS. The summed E-state index contributed by atoms with van der Waals surface area (Å²) in [5.74, 6) is 1.93. The van der Waals surface area contributed by atoms with Gasteiger partial charge in [0, 0.05) is 19.0 Å². The van der Waals surface area contributed by atoms with Crippen molar-refractivity contribution in [2.24, 2.45) is 0 Å². The van der Waals surface area contributed by atoms with E-state index in [4.69, 9.17) is 0 Å². The van der Waals surface area contributed by atoms with Crippen molar-refractivity contribution >= 4 is 17.7 Å². The van der Waals surface area contributed by atoms with Crippen molar-refractivity contribution in [2.45, 2.75) is 63.1 Å². The van der Waals surface area contributed by atoms with Crippen LogP contribution in [0.1, 0.15) is 55.0 Å². The van der Waals surface area contributed by atoms with Crippen LogP contribution in [0, 0.1) is 6.92 Å². The molecular weight excluding hydrogens is 368 g/mol. The largest absolute Gasteiger partial charge is 0.355 e. The van der Waals surface area contributed by atoms with Gasteiger partial charge in [-0.15, -0.1) is 16.8 Å². The zero-order valence-corrected chi connectivity index (χ0v) is 17.5. The summed E-state index contributed by atoms with van der Waals surface area (Å²) in [5, 5.41) is 12.7. The summed E-state index contributed by atoms with van der Waals surface area (Å²) in [4.78, 5) is 12.3. The Kier molecular flexibility index (Phi) is 7.71. The third-order valence-electron chi connectivity index (χ3n) is 5.34. The van der Waals surface area contributed by atoms with Gasteiger partial charge >= 0.3 is 0 Å². The number of aryl methyl sites for hydroxylation is 1. The number of aromatic nitrogens is 3. The van der Waals surface area contributed by atoms with Crippen LogP contribution >= 0.6 is 11.8 Å². The summed E-state index contributed by atoms with van der Waals surface area (Å²) in [5.41, 5.74) is 2.54. The monoisotopic (exact) mass is 398 g/mol. The van der Waals surface area contributed by atoms with Gasteiger partial charge in [-0.1, -0.05) is 61.4 Å². The lowest BCUT2D eigenvalue weighted by atomic mass is 9.89. The smallest absolute Gasteiger partial charge is 0.230 e. The molecule has 1 fully saturated rings. The van der Waals surface area contributed by atoms with Gasteiger partial charge in [0.25, 0.3) is 0 Å². The van der Waals surface area contributed by atoms with E-state index in [0.717, 1.165) is 17.4 Å². The van der Waals surface area contributed by atoms with Crippen LogP contribution in [0.3, 0.4) is 0 Å². The van der Waals surface area contributed by atoms with Crippen LogP contribution in [0.2, 0.25) is 0 Å². The van der Waals surface area contributed by atoms with E-state index in [0.29, 0.717) is 24.8 Å². The predicted molar refractivity (Wildman–Crippen MR) is 115 cm³/mol. The number of benzene rings is 1. The first-order chi connectivity index (χ1) is 13.7. The normalized spacial score (nSPS) is 14.8. The number of hydrogen-bond donors (Lipinski definition) is 1. The summed E-state index contributed by atoms with van der Waals surface area (Å²) in [6.07, 6.45) is 8.92. The average Bonchev–Trinajstić information content (AvgIpc) is 3.11. The Bertz CT molecular complexity index is 796. The highest BCUT2D eigenvalue weighted by Crippen LogP contribution is 2.33. The number of thioether (sulfide) groups is 1. The lowest BCUT2D eigenvalue weighted by Crippen LogP contribution is -2.27. The zero-order chi connectivity index (χ0) is 19.8. The zero-order valence-electron chi connectivity index (χ0n) is 16.7. The molecule has 0 unspecified atom stereocenters. The fourth-order valence-electron chi connectivity index (χ4n) is 3.78. The SMILES string of the molecule is C=CCn1c(SCC(=O)NCCc2ccccc2C)nnc1C1CCCCC1. The third kappa shape index (κ3) is 5.47. The second-order valence-corrected chi connectivity index (χ2v) is 8.33. The van der Waals surface area contributed by atoms with Crippen molar-refractivity contribution in [3.63, 3.8) is 0 Å². The molecule has 28 heavy (non-hydrogen) atoms. The molecule has 0 bridgehead atoms. The number of nitrogens with one attached hydrogen (secondary N) is 1. The quantitative estimate of drug-likeness (QED) is 0.506. The Morgan fingerprint density at radius 1 is 1.29 bits per heavy atom. The molecule has 1 heterocycles. The van der Waals surface area contributed by atoms with Crippen molar-refractivity contribution in [3.05, 3.63) is 53.9 Å². The maximum absolute atomic E-state index is 12.3. The Labute approximate surface area is 172 Å². The fraction of sp³-hybridized carbons (Fsp3) is 0.500. The first-order valence-corrected chi connectivity index (χ1v) is 11.2. The molecule has 3 rings (SSSR count). The second kappa shape index (κ2) is 10.5. The minimum Gasteiger partial charge on any atom is -0.355 e. The van der Waals surface area contributed by atoms with E-state index in [2.05, 4.69) is 45.7 Å². The molecule has 2 aromatic rings. The van der Waals surface area contributed by atoms with Gasteiger partial charge in [0.05, 0.1) is 5.75 Å². The maximum Gasteiger partial charge on any atom is 0.230 e. The molecule has 1 aromatic carbocycles. The standard InChI is InChI=1S/C22H30N4OS/c1-3-15-26-21(19-11-5-4-6-12-19)24-25-22(26)28-16-20(27)23-14-13-18-10-8-7-9-17(18)2/h3,7-10,19H,1,4-6,11-16H2,2H3,(H,23,27). The third-order valence-corrected chi connectivity index (χ3v) is 6.30. The predicted octanol–water partition coefficient (Wildman–Crippen LogP) is 4.27. The Morgan fingerprint density at radius 2 is 2.07 bits per heavy atom. The van der Waals surface area contributed by atoms with Crippen LogP contribution in [0.4, 0.5) is 0 Å². The van der Waals surface area contributed by atoms with E-state index in [1.165, 1.54) is 55.0 Å². The lowest BCUT2D eigenvalue weighted by Gasteiger charge is -2.21. The molecule has 0 radical (unpaired) electrons. The fourth-order valence-corrected chi connectivity index (χ4v) is 4.56. The second-order valence-electron chi connectivity index (χ2n) is 7.39. The summed E-state index contributed by atoms with van der Waals surface area (Å²) in [6, 6.07) is 8.29. The molecule has 1 aliphatic rings. The van der Waals surface area contributed by atoms with Gasteiger partial charge in [-0.05, 0) is 37.3 Å². The van der Waals surface area contributed by atoms with Crippen molar-refractivity contribution in [1.29, 1.82) is 0 Å². The van der Waals surface area contributed by atoms with Crippen molar-refractivity contribution in [1.82, 2.24) is 20.1 Å².